The Labute approximate surface area is 124 Å². The standard InChI is InChI=1S/C13H21N3O2S2/c1-10-8-12(15-14)9-11(2)13(10)20(17,18)16-4-3-6-19-7-5-16/h8-9,15H,3-7,14H2,1-2H3. The minimum Gasteiger partial charge on any atom is -0.324 e. The van der Waals surface area contributed by atoms with E-state index in [0.717, 1.165) is 34.7 Å². The Morgan fingerprint density at radius 2 is 1.85 bits per heavy atom. The zero-order chi connectivity index (χ0) is 14.8. The van der Waals surface area contributed by atoms with Gasteiger partial charge in [0.15, 0.2) is 0 Å². The summed E-state index contributed by atoms with van der Waals surface area (Å²) in [5.74, 6) is 7.29. The van der Waals surface area contributed by atoms with Crippen molar-refractivity contribution in [2.45, 2.75) is 25.2 Å². The summed E-state index contributed by atoms with van der Waals surface area (Å²) in [4.78, 5) is 0.420. The fourth-order valence-corrected chi connectivity index (χ4v) is 5.43. The smallest absolute Gasteiger partial charge is 0.243 e. The predicted octanol–water partition coefficient (Wildman–Crippen LogP) is 1.72. The van der Waals surface area contributed by atoms with E-state index < -0.39 is 10.0 Å². The van der Waals surface area contributed by atoms with Crippen LogP contribution in [0, 0.1) is 13.8 Å². The van der Waals surface area contributed by atoms with Crippen molar-refractivity contribution in [1.29, 1.82) is 0 Å². The number of hydrazine groups is 1. The molecule has 0 saturated carbocycles. The Bertz CT molecular complexity index is 556. The second-order valence-electron chi connectivity index (χ2n) is 4.95. The molecule has 1 aliphatic rings. The molecule has 5 nitrogen and oxygen atoms in total. The molecule has 0 radical (unpaired) electrons. The fourth-order valence-electron chi connectivity index (χ4n) is 2.53. The number of sulfonamides is 1. The topological polar surface area (TPSA) is 75.4 Å². The molecule has 0 bridgehead atoms. The Kier molecular flexibility index (Phi) is 4.95. The summed E-state index contributed by atoms with van der Waals surface area (Å²) in [6.07, 6.45) is 0.907. The molecule has 1 heterocycles. The first-order valence-electron chi connectivity index (χ1n) is 6.62. The molecule has 0 aliphatic carbocycles. The first-order valence-corrected chi connectivity index (χ1v) is 9.22. The van der Waals surface area contributed by atoms with Crippen LogP contribution in [0.1, 0.15) is 17.5 Å². The van der Waals surface area contributed by atoms with Crippen molar-refractivity contribution in [2.24, 2.45) is 5.84 Å². The van der Waals surface area contributed by atoms with Crippen molar-refractivity contribution >= 4 is 27.5 Å². The van der Waals surface area contributed by atoms with Gasteiger partial charge in [-0.3, -0.25) is 5.84 Å². The van der Waals surface area contributed by atoms with Gasteiger partial charge in [0.2, 0.25) is 10.0 Å². The zero-order valence-corrected chi connectivity index (χ0v) is 13.5. The first-order chi connectivity index (χ1) is 9.46. The number of nitrogens with one attached hydrogen (secondary N) is 1. The van der Waals surface area contributed by atoms with Gasteiger partial charge in [-0.05, 0) is 49.3 Å². The van der Waals surface area contributed by atoms with E-state index in [1.54, 1.807) is 16.4 Å². The van der Waals surface area contributed by atoms with E-state index in [4.69, 9.17) is 5.84 Å². The molecule has 1 aromatic carbocycles. The first kappa shape index (κ1) is 15.6. The van der Waals surface area contributed by atoms with Crippen LogP contribution < -0.4 is 11.3 Å². The van der Waals surface area contributed by atoms with E-state index in [-0.39, 0.29) is 0 Å². The number of thioether (sulfide) groups is 1. The molecule has 20 heavy (non-hydrogen) atoms. The van der Waals surface area contributed by atoms with Gasteiger partial charge >= 0.3 is 0 Å². The lowest BCUT2D eigenvalue weighted by Crippen LogP contribution is -2.34. The molecule has 1 aliphatic heterocycles. The molecule has 112 valence electrons. The third-order valence-electron chi connectivity index (χ3n) is 3.41. The van der Waals surface area contributed by atoms with Crippen LogP contribution in [0.15, 0.2) is 17.0 Å². The van der Waals surface area contributed by atoms with Gasteiger partial charge in [0, 0.05) is 24.5 Å². The van der Waals surface area contributed by atoms with Crippen molar-refractivity contribution in [3.05, 3.63) is 23.3 Å². The third kappa shape index (κ3) is 3.11. The van der Waals surface area contributed by atoms with Crippen molar-refractivity contribution in [1.82, 2.24) is 4.31 Å². The summed E-state index contributed by atoms with van der Waals surface area (Å²) < 4.78 is 27.3. The van der Waals surface area contributed by atoms with Gasteiger partial charge in [0.05, 0.1) is 4.90 Å². The number of benzene rings is 1. The molecule has 2 rings (SSSR count). The number of hydrogen-bond acceptors (Lipinski definition) is 5. The van der Waals surface area contributed by atoms with Crippen LogP contribution in [0.5, 0.6) is 0 Å². The number of rotatable bonds is 3. The minimum atomic E-state index is -3.42. The summed E-state index contributed by atoms with van der Waals surface area (Å²) in [5, 5.41) is 0. The fraction of sp³-hybridized carbons (Fsp3) is 0.538. The van der Waals surface area contributed by atoms with Gasteiger partial charge in [-0.15, -0.1) is 0 Å². The van der Waals surface area contributed by atoms with Crippen molar-refractivity contribution in [3.8, 4) is 0 Å². The van der Waals surface area contributed by atoms with Gasteiger partial charge < -0.3 is 5.43 Å². The second kappa shape index (κ2) is 6.34. The third-order valence-corrected chi connectivity index (χ3v) is 6.66. The van der Waals surface area contributed by atoms with Crippen molar-refractivity contribution in [2.75, 3.05) is 30.0 Å². The number of aryl methyl sites for hydroxylation is 2. The lowest BCUT2D eigenvalue weighted by molar-refractivity contribution is 0.434. The summed E-state index contributed by atoms with van der Waals surface area (Å²) in [6, 6.07) is 3.54. The highest BCUT2D eigenvalue weighted by molar-refractivity contribution is 7.99. The highest BCUT2D eigenvalue weighted by atomic mass is 32.2. The lowest BCUT2D eigenvalue weighted by Gasteiger charge is -2.22. The average molecular weight is 315 g/mol. The Morgan fingerprint density at radius 1 is 1.20 bits per heavy atom. The molecule has 0 amide bonds. The molecule has 3 N–H and O–H groups in total. The molecular weight excluding hydrogens is 294 g/mol. The van der Waals surface area contributed by atoms with Crippen LogP contribution in [0.25, 0.3) is 0 Å². The van der Waals surface area contributed by atoms with Gasteiger partial charge in [-0.2, -0.15) is 16.1 Å². The van der Waals surface area contributed by atoms with Gasteiger partial charge in [0.1, 0.15) is 0 Å². The van der Waals surface area contributed by atoms with E-state index in [1.807, 2.05) is 25.6 Å². The monoisotopic (exact) mass is 315 g/mol. The summed E-state index contributed by atoms with van der Waals surface area (Å²) in [6.45, 7) is 4.81. The maximum Gasteiger partial charge on any atom is 0.243 e. The Hall–Kier alpha value is -0.760. The molecule has 7 heteroatoms. The molecular formula is C13H21N3O2S2. The van der Waals surface area contributed by atoms with E-state index >= 15 is 0 Å². The molecule has 0 unspecified atom stereocenters. The van der Waals surface area contributed by atoms with Gasteiger partial charge in [-0.25, -0.2) is 8.42 Å². The van der Waals surface area contributed by atoms with Gasteiger partial charge in [0.25, 0.3) is 0 Å². The molecule has 0 aromatic heterocycles. The average Bonchev–Trinajstić information content (AvgIpc) is 2.66. The maximum atomic E-state index is 12.8. The van der Waals surface area contributed by atoms with Crippen molar-refractivity contribution in [3.63, 3.8) is 0 Å². The van der Waals surface area contributed by atoms with E-state index in [1.165, 1.54) is 0 Å². The lowest BCUT2D eigenvalue weighted by atomic mass is 10.1. The highest BCUT2D eigenvalue weighted by Gasteiger charge is 2.28. The number of nitrogens with two attached hydrogens (primary N) is 1. The number of nitrogens with zero attached hydrogens (tertiary/aromatic N) is 1. The van der Waals surface area contributed by atoms with Crippen LogP contribution in [0.3, 0.4) is 0 Å². The number of nitrogen functional groups attached to an aromatic ring is 1. The quantitative estimate of drug-likeness (QED) is 0.656. The second-order valence-corrected chi connectivity index (χ2v) is 8.05. The normalized spacial score (nSPS) is 17.8. The van der Waals surface area contributed by atoms with E-state index in [9.17, 15) is 8.42 Å². The largest absolute Gasteiger partial charge is 0.324 e. The molecule has 1 saturated heterocycles. The minimum absolute atomic E-state index is 0.420. The number of anilines is 1. The van der Waals surface area contributed by atoms with Crippen LogP contribution in [-0.4, -0.2) is 37.3 Å². The molecule has 0 spiro atoms. The number of hydrogen-bond donors (Lipinski definition) is 2. The van der Waals surface area contributed by atoms with E-state index in [0.29, 0.717) is 18.0 Å². The zero-order valence-electron chi connectivity index (χ0n) is 11.8. The van der Waals surface area contributed by atoms with Crippen LogP contribution in [0.4, 0.5) is 5.69 Å². The van der Waals surface area contributed by atoms with Crippen molar-refractivity contribution < 1.29 is 8.42 Å². The van der Waals surface area contributed by atoms with Crippen LogP contribution in [-0.2, 0) is 10.0 Å². The maximum absolute atomic E-state index is 12.8. The SMILES string of the molecule is Cc1cc(NN)cc(C)c1S(=O)(=O)N1CCCSCC1. The summed E-state index contributed by atoms with van der Waals surface area (Å²) >= 11 is 1.81. The predicted molar refractivity (Wildman–Crippen MR) is 84.4 cm³/mol. The van der Waals surface area contributed by atoms with Gasteiger partial charge in [-0.1, -0.05) is 0 Å². The molecule has 1 fully saturated rings. The summed E-state index contributed by atoms with van der Waals surface area (Å²) in [5.41, 5.74) is 4.75. The van der Waals surface area contributed by atoms with E-state index in [2.05, 4.69) is 5.43 Å². The van der Waals surface area contributed by atoms with Crippen LogP contribution in [0.2, 0.25) is 0 Å². The highest BCUT2D eigenvalue weighted by Crippen LogP contribution is 2.28. The molecule has 0 atom stereocenters. The van der Waals surface area contributed by atoms with Crippen LogP contribution >= 0.6 is 11.8 Å². The summed E-state index contributed by atoms with van der Waals surface area (Å²) in [7, 11) is -3.42. The molecule has 1 aromatic rings. The Balaban J connectivity index is 2.43. The Morgan fingerprint density at radius 3 is 2.45 bits per heavy atom.